The normalized spacial score (nSPS) is 10.5. The predicted molar refractivity (Wildman–Crippen MR) is 93.6 cm³/mol. The van der Waals surface area contributed by atoms with Gasteiger partial charge in [-0.25, -0.2) is 9.87 Å². The van der Waals surface area contributed by atoms with Gasteiger partial charge in [0.05, 0.1) is 24.5 Å². The van der Waals surface area contributed by atoms with Crippen LogP contribution in [-0.4, -0.2) is 34.7 Å². The van der Waals surface area contributed by atoms with E-state index in [1.54, 1.807) is 6.07 Å². The minimum atomic E-state index is -0.628. The van der Waals surface area contributed by atoms with Crippen LogP contribution < -0.4 is 10.8 Å². The van der Waals surface area contributed by atoms with E-state index in [1.807, 2.05) is 22.6 Å². The molecule has 0 radical (unpaired) electrons. The quantitative estimate of drug-likeness (QED) is 0.359. The summed E-state index contributed by atoms with van der Waals surface area (Å²) in [5.74, 6) is -1.37. The van der Waals surface area contributed by atoms with Gasteiger partial charge in [0, 0.05) is 16.7 Å². The van der Waals surface area contributed by atoms with Crippen LogP contribution in [0.4, 0.5) is 15.9 Å². The van der Waals surface area contributed by atoms with Crippen molar-refractivity contribution >= 4 is 45.9 Å². The van der Waals surface area contributed by atoms with Crippen molar-refractivity contribution in [3.8, 4) is 0 Å². The Labute approximate surface area is 150 Å². The molecule has 2 rings (SSSR count). The van der Waals surface area contributed by atoms with Crippen molar-refractivity contribution in [3.05, 3.63) is 45.4 Å². The molecule has 2 aromatic rings. The lowest BCUT2D eigenvalue weighted by Crippen LogP contribution is -2.26. The highest BCUT2D eigenvalue weighted by atomic mass is 127. The molecule has 0 fully saturated rings. The summed E-state index contributed by atoms with van der Waals surface area (Å²) in [6, 6.07) is 5.94. The Morgan fingerprint density at radius 2 is 2.12 bits per heavy atom. The molecule has 0 bridgehead atoms. The molecule has 3 N–H and O–H groups in total. The van der Waals surface area contributed by atoms with Crippen LogP contribution in [0.15, 0.2) is 30.5 Å². The molecule has 1 aromatic carbocycles. The molecule has 1 heterocycles. The average molecular weight is 447 g/mol. The summed E-state index contributed by atoms with van der Waals surface area (Å²) in [7, 11) is 0. The highest BCUT2D eigenvalue weighted by molar-refractivity contribution is 14.1. The maximum Gasteiger partial charge on any atom is 0.278 e. The Bertz CT molecular complexity index is 763. The van der Waals surface area contributed by atoms with Crippen LogP contribution in [0.2, 0.25) is 0 Å². The van der Waals surface area contributed by atoms with Gasteiger partial charge in [0.25, 0.3) is 5.91 Å². The third kappa shape index (κ3) is 4.30. The summed E-state index contributed by atoms with van der Waals surface area (Å²) < 4.78 is 16.0. The number of carbonyl (C=O) groups excluding carboxylic acids is 2. The Morgan fingerprint density at radius 1 is 1.38 bits per heavy atom. The molecule has 0 aliphatic heterocycles. The fourth-order valence-corrected chi connectivity index (χ4v) is 2.39. The number of amides is 1. The smallest absolute Gasteiger partial charge is 0.278 e. The van der Waals surface area contributed by atoms with Gasteiger partial charge in [-0.15, -0.1) is 0 Å². The molecular weight excluding hydrogens is 432 g/mol. The van der Waals surface area contributed by atoms with Crippen molar-refractivity contribution in [2.45, 2.75) is 6.92 Å². The summed E-state index contributed by atoms with van der Waals surface area (Å²) in [5.41, 5.74) is 2.37. The standard InChI is InChI=1S/C15H15FIN3O4/c1-9(22)20-5-4-11(15(23)19-24-7-6-21)14(20)18-13-3-2-10(17)8-12(13)16/h2-5,8,18,21H,6-7H2,1H3,(H,19,23). The third-order valence-corrected chi connectivity index (χ3v) is 3.68. The van der Waals surface area contributed by atoms with Crippen molar-refractivity contribution < 1.29 is 23.9 Å². The monoisotopic (exact) mass is 447 g/mol. The van der Waals surface area contributed by atoms with Gasteiger partial charge in [0.15, 0.2) is 0 Å². The van der Waals surface area contributed by atoms with Crippen LogP contribution >= 0.6 is 22.6 Å². The summed E-state index contributed by atoms with van der Waals surface area (Å²) >= 11 is 1.98. The zero-order valence-electron chi connectivity index (χ0n) is 12.7. The van der Waals surface area contributed by atoms with Gasteiger partial charge in [0.2, 0.25) is 5.91 Å². The average Bonchev–Trinajstić information content (AvgIpc) is 2.94. The molecule has 0 saturated carbocycles. The molecule has 9 heteroatoms. The predicted octanol–water partition coefficient (Wildman–Crippen LogP) is 2.29. The first-order valence-corrected chi connectivity index (χ1v) is 7.99. The van der Waals surface area contributed by atoms with Gasteiger partial charge in [-0.1, -0.05) is 0 Å². The molecule has 0 saturated heterocycles. The lowest BCUT2D eigenvalue weighted by atomic mass is 10.2. The maximum atomic E-state index is 14.0. The SMILES string of the molecule is CC(=O)n1ccc(C(=O)NOCCO)c1Nc1ccc(I)cc1F. The Hall–Kier alpha value is -1.98. The molecular formula is C15H15FIN3O4. The molecule has 1 aromatic heterocycles. The van der Waals surface area contributed by atoms with Gasteiger partial charge in [0.1, 0.15) is 11.6 Å². The highest BCUT2D eigenvalue weighted by Crippen LogP contribution is 2.25. The molecule has 1 amide bonds. The molecule has 0 unspecified atom stereocenters. The van der Waals surface area contributed by atoms with Crippen molar-refractivity contribution in [2.24, 2.45) is 0 Å². The number of rotatable bonds is 6. The zero-order chi connectivity index (χ0) is 17.7. The molecule has 0 aliphatic carbocycles. The van der Waals surface area contributed by atoms with E-state index in [1.165, 1.54) is 35.9 Å². The minimum absolute atomic E-state index is 0.0757. The summed E-state index contributed by atoms with van der Waals surface area (Å²) in [4.78, 5) is 28.6. The van der Waals surface area contributed by atoms with Crippen molar-refractivity contribution in [2.75, 3.05) is 18.5 Å². The second-order valence-corrected chi connectivity index (χ2v) is 5.97. The number of hydrogen-bond donors (Lipinski definition) is 3. The number of carbonyl (C=O) groups is 2. The number of halogens is 2. The largest absolute Gasteiger partial charge is 0.394 e. The number of anilines is 2. The first-order chi connectivity index (χ1) is 11.4. The van der Waals surface area contributed by atoms with E-state index in [2.05, 4.69) is 10.8 Å². The second kappa shape index (κ2) is 8.22. The number of nitrogens with zero attached hydrogens (tertiary/aromatic N) is 1. The van der Waals surface area contributed by atoms with Crippen LogP contribution in [0.3, 0.4) is 0 Å². The van der Waals surface area contributed by atoms with E-state index in [0.717, 1.165) is 0 Å². The van der Waals surface area contributed by atoms with Crippen molar-refractivity contribution in [1.82, 2.24) is 10.0 Å². The van der Waals surface area contributed by atoms with Crippen molar-refractivity contribution in [1.29, 1.82) is 0 Å². The van der Waals surface area contributed by atoms with Crippen molar-refractivity contribution in [3.63, 3.8) is 0 Å². The van der Waals surface area contributed by atoms with E-state index >= 15 is 0 Å². The molecule has 0 atom stereocenters. The first kappa shape index (κ1) is 18.4. The first-order valence-electron chi connectivity index (χ1n) is 6.91. The molecule has 0 aliphatic rings. The van der Waals surface area contributed by atoms with E-state index < -0.39 is 11.7 Å². The fraction of sp³-hybridized carbons (Fsp3) is 0.200. The van der Waals surface area contributed by atoms with Crippen LogP contribution in [0.25, 0.3) is 0 Å². The number of nitrogens with one attached hydrogen (secondary N) is 2. The fourth-order valence-electron chi connectivity index (χ4n) is 1.94. The van der Waals surface area contributed by atoms with Gasteiger partial charge >= 0.3 is 0 Å². The Balaban J connectivity index is 2.33. The zero-order valence-corrected chi connectivity index (χ0v) is 14.8. The minimum Gasteiger partial charge on any atom is -0.394 e. The lowest BCUT2D eigenvalue weighted by Gasteiger charge is -2.12. The molecule has 128 valence electrons. The van der Waals surface area contributed by atoms with Crippen LogP contribution in [0.1, 0.15) is 22.1 Å². The van der Waals surface area contributed by atoms with E-state index in [0.29, 0.717) is 3.57 Å². The summed E-state index contributed by atoms with van der Waals surface area (Å²) in [6.07, 6.45) is 1.40. The van der Waals surface area contributed by atoms with Gasteiger partial charge < -0.3 is 10.4 Å². The van der Waals surface area contributed by atoms with E-state index in [4.69, 9.17) is 9.94 Å². The van der Waals surface area contributed by atoms with Gasteiger partial charge in [-0.2, -0.15) is 0 Å². The van der Waals surface area contributed by atoms with Crippen LogP contribution in [0.5, 0.6) is 0 Å². The number of hydrogen-bond acceptors (Lipinski definition) is 5. The van der Waals surface area contributed by atoms with Crippen LogP contribution in [-0.2, 0) is 4.84 Å². The number of aromatic nitrogens is 1. The molecule has 0 spiro atoms. The second-order valence-electron chi connectivity index (χ2n) is 4.72. The van der Waals surface area contributed by atoms with E-state index in [-0.39, 0.29) is 36.2 Å². The summed E-state index contributed by atoms with van der Waals surface area (Å²) in [5, 5.41) is 11.4. The molecule has 7 nitrogen and oxygen atoms in total. The number of aliphatic hydroxyl groups is 1. The van der Waals surface area contributed by atoms with Crippen LogP contribution in [0, 0.1) is 9.39 Å². The van der Waals surface area contributed by atoms with E-state index in [9.17, 15) is 14.0 Å². The highest BCUT2D eigenvalue weighted by Gasteiger charge is 2.19. The molecule has 24 heavy (non-hydrogen) atoms. The Kier molecular flexibility index (Phi) is 6.29. The maximum absolute atomic E-state index is 14.0. The number of hydroxylamine groups is 1. The topological polar surface area (TPSA) is 92.6 Å². The summed E-state index contributed by atoms with van der Waals surface area (Å²) in [6.45, 7) is 0.987. The third-order valence-electron chi connectivity index (χ3n) is 3.01. The van der Waals surface area contributed by atoms with Gasteiger partial charge in [-0.3, -0.25) is 19.0 Å². The van der Waals surface area contributed by atoms with Gasteiger partial charge in [-0.05, 0) is 46.9 Å². The Morgan fingerprint density at radius 3 is 2.75 bits per heavy atom. The lowest BCUT2D eigenvalue weighted by molar-refractivity contribution is 0.0169. The number of aliphatic hydroxyl groups excluding tert-OH is 1. The number of benzene rings is 1.